The molecule has 0 saturated heterocycles. The number of carbonyl (C=O) groups is 1. The maximum absolute atomic E-state index is 13.6. The Morgan fingerprint density at radius 3 is 2.54 bits per heavy atom. The lowest BCUT2D eigenvalue weighted by atomic mass is 10.1. The number of hydrogen-bond acceptors (Lipinski definition) is 3. The van der Waals surface area contributed by atoms with E-state index in [0.717, 1.165) is 12.3 Å². The first-order chi connectivity index (χ1) is 11.2. The van der Waals surface area contributed by atoms with Crippen molar-refractivity contribution in [3.63, 3.8) is 0 Å². The van der Waals surface area contributed by atoms with E-state index < -0.39 is 29.0 Å². The Labute approximate surface area is 141 Å². The molecule has 0 aliphatic carbocycles. The van der Waals surface area contributed by atoms with Crippen LogP contribution in [0.1, 0.15) is 21.5 Å². The molecule has 0 bridgehead atoms. The summed E-state index contributed by atoms with van der Waals surface area (Å²) in [7, 11) is 0. The zero-order valence-electron chi connectivity index (χ0n) is 11.7. The lowest BCUT2D eigenvalue weighted by molar-refractivity contribution is -0.137. The van der Waals surface area contributed by atoms with Gasteiger partial charge < -0.3 is 5.11 Å². The van der Waals surface area contributed by atoms with Crippen LogP contribution in [0.2, 0.25) is 0 Å². The largest absolute Gasteiger partial charge is 0.507 e. The van der Waals surface area contributed by atoms with Crippen molar-refractivity contribution in [3.05, 3.63) is 63.4 Å². The summed E-state index contributed by atoms with van der Waals surface area (Å²) in [6.07, 6.45) is -3.59. The molecule has 2 aromatic carbocycles. The number of nitrogens with zero attached hydrogens (tertiary/aromatic N) is 1. The average Bonchev–Trinajstić information content (AvgIpc) is 2.49. The fraction of sp³-hybridized carbons (Fsp3) is 0.0667. The van der Waals surface area contributed by atoms with Crippen LogP contribution >= 0.6 is 15.9 Å². The minimum atomic E-state index is -4.70. The number of phenols is 1. The zero-order chi connectivity index (χ0) is 17.9. The Bertz CT molecular complexity index is 807. The number of alkyl halides is 3. The fourth-order valence-electron chi connectivity index (χ4n) is 1.73. The van der Waals surface area contributed by atoms with Crippen LogP contribution in [-0.4, -0.2) is 17.2 Å². The van der Waals surface area contributed by atoms with Crippen LogP contribution in [-0.2, 0) is 6.18 Å². The van der Waals surface area contributed by atoms with E-state index in [1.54, 1.807) is 6.07 Å². The van der Waals surface area contributed by atoms with E-state index in [1.807, 2.05) is 5.43 Å². The predicted octanol–water partition coefficient (Wildman–Crippen LogP) is 4.08. The van der Waals surface area contributed by atoms with Gasteiger partial charge in [-0.05, 0) is 36.4 Å². The average molecular weight is 405 g/mol. The van der Waals surface area contributed by atoms with Gasteiger partial charge in [0.1, 0.15) is 11.6 Å². The third-order valence-corrected chi connectivity index (χ3v) is 3.39. The number of amides is 1. The molecule has 0 saturated carbocycles. The summed E-state index contributed by atoms with van der Waals surface area (Å²) in [6, 6.07) is 6.05. The van der Waals surface area contributed by atoms with Crippen molar-refractivity contribution in [2.24, 2.45) is 5.10 Å². The van der Waals surface area contributed by atoms with Gasteiger partial charge in [-0.3, -0.25) is 4.79 Å². The third kappa shape index (κ3) is 4.31. The van der Waals surface area contributed by atoms with Gasteiger partial charge in [0.05, 0.1) is 17.3 Å². The SMILES string of the molecule is O=C(N/N=C\c1cc(Br)ccc1O)c1ccc(C(F)(F)F)cc1F. The molecule has 0 fully saturated rings. The van der Waals surface area contributed by atoms with E-state index in [-0.39, 0.29) is 17.4 Å². The van der Waals surface area contributed by atoms with Gasteiger partial charge in [-0.15, -0.1) is 0 Å². The van der Waals surface area contributed by atoms with Gasteiger partial charge in [0.25, 0.3) is 5.91 Å². The van der Waals surface area contributed by atoms with Gasteiger partial charge >= 0.3 is 6.18 Å². The fourth-order valence-corrected chi connectivity index (χ4v) is 2.10. The first-order valence-corrected chi connectivity index (χ1v) is 7.16. The molecule has 0 aliphatic heterocycles. The van der Waals surface area contributed by atoms with Crippen molar-refractivity contribution in [1.82, 2.24) is 5.43 Å². The summed E-state index contributed by atoms with van der Waals surface area (Å²) in [5.41, 5.74) is 0.472. The van der Waals surface area contributed by atoms with Crippen molar-refractivity contribution < 1.29 is 27.5 Å². The Hall–Kier alpha value is -2.42. The highest BCUT2D eigenvalue weighted by Crippen LogP contribution is 2.30. The summed E-state index contributed by atoms with van der Waals surface area (Å²) in [4.78, 5) is 11.8. The number of benzene rings is 2. The molecular weight excluding hydrogens is 396 g/mol. The van der Waals surface area contributed by atoms with Crippen molar-refractivity contribution in [2.75, 3.05) is 0 Å². The normalized spacial score (nSPS) is 11.7. The number of nitrogens with one attached hydrogen (secondary N) is 1. The predicted molar refractivity (Wildman–Crippen MR) is 82.3 cm³/mol. The Morgan fingerprint density at radius 1 is 1.21 bits per heavy atom. The van der Waals surface area contributed by atoms with E-state index in [4.69, 9.17) is 0 Å². The van der Waals surface area contributed by atoms with Gasteiger partial charge in [0, 0.05) is 10.0 Å². The summed E-state index contributed by atoms with van der Waals surface area (Å²) in [5.74, 6) is -2.44. The van der Waals surface area contributed by atoms with E-state index in [2.05, 4.69) is 21.0 Å². The number of hydrogen-bond donors (Lipinski definition) is 2. The highest BCUT2D eigenvalue weighted by Gasteiger charge is 2.31. The highest BCUT2D eigenvalue weighted by atomic mass is 79.9. The first-order valence-electron chi connectivity index (χ1n) is 6.37. The molecule has 0 aliphatic rings. The standard InChI is InChI=1S/C15H9BrF4N2O2/c16-10-2-4-13(23)8(5-10)7-21-22-14(24)11-3-1-9(6-12(11)17)15(18,19)20/h1-7,23H,(H,22,24)/b21-7-. The molecule has 1 amide bonds. The summed E-state index contributed by atoms with van der Waals surface area (Å²) < 4.78 is 51.6. The van der Waals surface area contributed by atoms with Crippen LogP contribution in [0.15, 0.2) is 46.0 Å². The van der Waals surface area contributed by atoms with Crippen LogP contribution in [0.3, 0.4) is 0 Å². The van der Waals surface area contributed by atoms with Crippen molar-refractivity contribution in [1.29, 1.82) is 0 Å². The van der Waals surface area contributed by atoms with Gasteiger partial charge in [-0.25, -0.2) is 9.82 Å². The van der Waals surface area contributed by atoms with Gasteiger partial charge in [-0.1, -0.05) is 15.9 Å². The first kappa shape index (κ1) is 17.9. The zero-order valence-corrected chi connectivity index (χ0v) is 13.3. The summed E-state index contributed by atoms with van der Waals surface area (Å²) in [6.45, 7) is 0. The number of halogens is 5. The smallest absolute Gasteiger partial charge is 0.416 e. The van der Waals surface area contributed by atoms with Crippen molar-refractivity contribution in [3.8, 4) is 5.75 Å². The topological polar surface area (TPSA) is 61.7 Å². The maximum atomic E-state index is 13.6. The van der Waals surface area contributed by atoms with E-state index in [9.17, 15) is 27.5 Å². The Kier molecular flexibility index (Phi) is 5.23. The molecular formula is C15H9BrF4N2O2. The molecule has 2 N–H and O–H groups in total. The maximum Gasteiger partial charge on any atom is 0.416 e. The molecule has 24 heavy (non-hydrogen) atoms. The number of hydrazone groups is 1. The van der Waals surface area contributed by atoms with Crippen LogP contribution in [0, 0.1) is 5.82 Å². The molecule has 2 aromatic rings. The van der Waals surface area contributed by atoms with Crippen LogP contribution in [0.4, 0.5) is 17.6 Å². The van der Waals surface area contributed by atoms with Crippen molar-refractivity contribution >= 4 is 28.1 Å². The molecule has 4 nitrogen and oxygen atoms in total. The second kappa shape index (κ2) is 7.00. The molecule has 0 heterocycles. The molecule has 0 atom stereocenters. The third-order valence-electron chi connectivity index (χ3n) is 2.90. The van der Waals surface area contributed by atoms with Gasteiger partial charge in [-0.2, -0.15) is 18.3 Å². The molecule has 2 rings (SSSR count). The van der Waals surface area contributed by atoms with E-state index >= 15 is 0 Å². The Morgan fingerprint density at radius 2 is 1.92 bits per heavy atom. The molecule has 0 radical (unpaired) electrons. The number of rotatable bonds is 3. The molecule has 126 valence electrons. The molecule has 0 aromatic heterocycles. The quantitative estimate of drug-likeness (QED) is 0.460. The monoisotopic (exact) mass is 404 g/mol. The van der Waals surface area contributed by atoms with E-state index in [0.29, 0.717) is 10.5 Å². The minimum Gasteiger partial charge on any atom is -0.507 e. The molecule has 0 unspecified atom stereocenters. The lowest BCUT2D eigenvalue weighted by Crippen LogP contribution is -2.19. The Balaban J connectivity index is 2.13. The highest BCUT2D eigenvalue weighted by molar-refractivity contribution is 9.10. The second-order valence-electron chi connectivity index (χ2n) is 4.59. The number of phenolic OH excluding ortho intramolecular Hbond substituents is 1. The second-order valence-corrected chi connectivity index (χ2v) is 5.51. The molecule has 0 spiro atoms. The summed E-state index contributed by atoms with van der Waals surface area (Å²) in [5, 5.41) is 13.1. The van der Waals surface area contributed by atoms with E-state index in [1.165, 1.54) is 12.1 Å². The lowest BCUT2D eigenvalue weighted by Gasteiger charge is -2.08. The van der Waals surface area contributed by atoms with Gasteiger partial charge in [0.15, 0.2) is 0 Å². The van der Waals surface area contributed by atoms with Crippen LogP contribution < -0.4 is 5.43 Å². The molecule has 9 heteroatoms. The number of aromatic hydroxyl groups is 1. The summed E-state index contributed by atoms with van der Waals surface area (Å²) >= 11 is 3.18. The van der Waals surface area contributed by atoms with Gasteiger partial charge in [0.2, 0.25) is 0 Å². The van der Waals surface area contributed by atoms with Crippen LogP contribution in [0.25, 0.3) is 0 Å². The minimum absolute atomic E-state index is 0.100. The van der Waals surface area contributed by atoms with Crippen molar-refractivity contribution in [2.45, 2.75) is 6.18 Å². The number of carbonyl (C=O) groups excluding carboxylic acids is 1. The van der Waals surface area contributed by atoms with Crippen LogP contribution in [0.5, 0.6) is 5.75 Å².